The summed E-state index contributed by atoms with van der Waals surface area (Å²) in [6, 6.07) is 10.6. The summed E-state index contributed by atoms with van der Waals surface area (Å²) in [5.74, 6) is 0. The van der Waals surface area contributed by atoms with Gasteiger partial charge in [-0.3, -0.25) is 0 Å². The number of hydrogen-bond donors (Lipinski definition) is 1. The first-order valence-corrected chi connectivity index (χ1v) is 7.30. The minimum atomic E-state index is 0.263. The molecule has 18 heavy (non-hydrogen) atoms. The van der Waals surface area contributed by atoms with Crippen molar-refractivity contribution >= 4 is 0 Å². The smallest absolute Gasteiger partial charge is 0.00706 e. The van der Waals surface area contributed by atoms with Crippen LogP contribution >= 0.6 is 0 Å². The third-order valence-corrected chi connectivity index (χ3v) is 3.78. The van der Waals surface area contributed by atoms with Gasteiger partial charge in [0.2, 0.25) is 0 Å². The van der Waals surface area contributed by atoms with Crippen LogP contribution in [0.1, 0.15) is 58.1 Å². The van der Waals surface area contributed by atoms with Gasteiger partial charge in [0.25, 0.3) is 0 Å². The molecular formula is C17H27N. The fraction of sp³-hybridized carbons (Fsp3) is 0.647. The van der Waals surface area contributed by atoms with Gasteiger partial charge in [0.15, 0.2) is 0 Å². The number of hydrogen-bond acceptors (Lipinski definition) is 1. The summed E-state index contributed by atoms with van der Waals surface area (Å²) in [4.78, 5) is 0. The van der Waals surface area contributed by atoms with Crippen LogP contribution in [-0.4, -0.2) is 12.1 Å². The van der Waals surface area contributed by atoms with Crippen LogP contribution < -0.4 is 5.32 Å². The molecule has 1 fully saturated rings. The SMILES string of the molecule is CC(CCc1ccc(C(C)(C)C)cc1)NC1CC1. The van der Waals surface area contributed by atoms with Crippen molar-refractivity contribution in [3.63, 3.8) is 0 Å². The molecule has 0 aliphatic heterocycles. The van der Waals surface area contributed by atoms with Gasteiger partial charge in [-0.15, -0.1) is 0 Å². The summed E-state index contributed by atoms with van der Waals surface area (Å²) < 4.78 is 0. The van der Waals surface area contributed by atoms with E-state index in [1.54, 1.807) is 0 Å². The van der Waals surface area contributed by atoms with E-state index < -0.39 is 0 Å². The Morgan fingerprint density at radius 3 is 2.28 bits per heavy atom. The zero-order valence-electron chi connectivity index (χ0n) is 12.3. The van der Waals surface area contributed by atoms with E-state index in [0.29, 0.717) is 6.04 Å². The van der Waals surface area contributed by atoms with Crippen molar-refractivity contribution in [1.29, 1.82) is 0 Å². The lowest BCUT2D eigenvalue weighted by atomic mass is 9.86. The second-order valence-corrected chi connectivity index (χ2v) is 6.83. The van der Waals surface area contributed by atoms with E-state index in [2.05, 4.69) is 57.3 Å². The van der Waals surface area contributed by atoms with Gasteiger partial charge in [-0.05, 0) is 49.1 Å². The summed E-state index contributed by atoms with van der Waals surface area (Å²) >= 11 is 0. The molecule has 0 bridgehead atoms. The van der Waals surface area contributed by atoms with Crippen molar-refractivity contribution < 1.29 is 0 Å². The molecule has 1 aromatic rings. The van der Waals surface area contributed by atoms with Gasteiger partial charge in [-0.25, -0.2) is 0 Å². The largest absolute Gasteiger partial charge is 0.311 e. The predicted molar refractivity (Wildman–Crippen MR) is 79.1 cm³/mol. The van der Waals surface area contributed by atoms with Crippen molar-refractivity contribution in [2.24, 2.45) is 0 Å². The average Bonchev–Trinajstić information content (AvgIpc) is 3.10. The Kier molecular flexibility index (Phi) is 4.11. The van der Waals surface area contributed by atoms with Gasteiger partial charge < -0.3 is 5.32 Å². The Labute approximate surface area is 112 Å². The fourth-order valence-corrected chi connectivity index (χ4v) is 2.29. The Morgan fingerprint density at radius 2 is 1.78 bits per heavy atom. The van der Waals surface area contributed by atoms with Crippen molar-refractivity contribution in [2.45, 2.75) is 70.9 Å². The molecule has 2 rings (SSSR count). The van der Waals surface area contributed by atoms with Crippen LogP contribution in [0.25, 0.3) is 0 Å². The first-order valence-electron chi connectivity index (χ1n) is 7.30. The zero-order chi connectivity index (χ0) is 13.2. The molecule has 1 aliphatic carbocycles. The Balaban J connectivity index is 1.82. The average molecular weight is 245 g/mol. The Morgan fingerprint density at radius 1 is 1.17 bits per heavy atom. The minimum absolute atomic E-state index is 0.263. The van der Waals surface area contributed by atoms with Crippen molar-refractivity contribution in [3.05, 3.63) is 35.4 Å². The third kappa shape index (κ3) is 4.13. The molecule has 1 aromatic carbocycles. The highest BCUT2D eigenvalue weighted by Gasteiger charge is 2.22. The quantitative estimate of drug-likeness (QED) is 0.825. The van der Waals surface area contributed by atoms with Gasteiger partial charge in [-0.2, -0.15) is 0 Å². The standard InChI is InChI=1S/C17H27N/c1-13(18-16-11-12-16)5-6-14-7-9-15(10-8-14)17(2,3)4/h7-10,13,16,18H,5-6,11-12H2,1-4H3. The van der Waals surface area contributed by atoms with E-state index in [1.165, 1.54) is 36.8 Å². The zero-order valence-corrected chi connectivity index (χ0v) is 12.3. The van der Waals surface area contributed by atoms with E-state index in [9.17, 15) is 0 Å². The lowest BCUT2D eigenvalue weighted by molar-refractivity contribution is 0.511. The molecule has 1 atom stereocenters. The van der Waals surface area contributed by atoms with E-state index in [0.717, 1.165) is 6.04 Å². The summed E-state index contributed by atoms with van der Waals surface area (Å²) in [6.45, 7) is 9.11. The molecule has 0 spiro atoms. The number of aryl methyl sites for hydroxylation is 1. The summed E-state index contributed by atoms with van der Waals surface area (Å²) in [6.07, 6.45) is 5.19. The molecular weight excluding hydrogens is 218 g/mol. The molecule has 1 N–H and O–H groups in total. The molecule has 0 radical (unpaired) electrons. The predicted octanol–water partition coefficient (Wildman–Crippen LogP) is 4.06. The number of nitrogens with one attached hydrogen (secondary N) is 1. The molecule has 1 saturated carbocycles. The topological polar surface area (TPSA) is 12.0 Å². The van der Waals surface area contributed by atoms with Crippen LogP contribution in [0, 0.1) is 0 Å². The van der Waals surface area contributed by atoms with Crippen molar-refractivity contribution in [3.8, 4) is 0 Å². The summed E-state index contributed by atoms with van der Waals surface area (Å²) in [5.41, 5.74) is 3.15. The number of benzene rings is 1. The fourth-order valence-electron chi connectivity index (χ4n) is 2.29. The van der Waals surface area contributed by atoms with Gasteiger partial charge >= 0.3 is 0 Å². The van der Waals surface area contributed by atoms with Crippen molar-refractivity contribution in [2.75, 3.05) is 0 Å². The molecule has 0 aromatic heterocycles. The summed E-state index contributed by atoms with van der Waals surface area (Å²) in [5, 5.41) is 3.66. The molecule has 0 saturated heterocycles. The van der Waals surface area contributed by atoms with Gasteiger partial charge in [0.05, 0.1) is 0 Å². The lowest BCUT2D eigenvalue weighted by Crippen LogP contribution is -2.28. The van der Waals surface area contributed by atoms with Crippen LogP contribution in [0.2, 0.25) is 0 Å². The molecule has 1 heteroatoms. The highest BCUT2D eigenvalue weighted by molar-refractivity contribution is 5.27. The van der Waals surface area contributed by atoms with Crippen molar-refractivity contribution in [1.82, 2.24) is 5.32 Å². The second-order valence-electron chi connectivity index (χ2n) is 6.83. The third-order valence-electron chi connectivity index (χ3n) is 3.78. The first-order chi connectivity index (χ1) is 8.45. The van der Waals surface area contributed by atoms with Crippen LogP contribution in [0.3, 0.4) is 0 Å². The first kappa shape index (κ1) is 13.6. The normalized spacial score (nSPS) is 17.8. The van der Waals surface area contributed by atoms with E-state index in [1.807, 2.05) is 0 Å². The molecule has 1 nitrogen and oxygen atoms in total. The minimum Gasteiger partial charge on any atom is -0.311 e. The van der Waals surface area contributed by atoms with Crippen LogP contribution in [-0.2, 0) is 11.8 Å². The maximum Gasteiger partial charge on any atom is 0.00706 e. The summed E-state index contributed by atoms with van der Waals surface area (Å²) in [7, 11) is 0. The molecule has 1 aliphatic rings. The van der Waals surface area contributed by atoms with Gasteiger partial charge in [0.1, 0.15) is 0 Å². The number of rotatable bonds is 5. The second kappa shape index (κ2) is 5.44. The molecule has 100 valence electrons. The van der Waals surface area contributed by atoms with Gasteiger partial charge in [-0.1, -0.05) is 45.0 Å². The van der Waals surface area contributed by atoms with Crippen LogP contribution in [0.4, 0.5) is 0 Å². The van der Waals surface area contributed by atoms with Crippen LogP contribution in [0.15, 0.2) is 24.3 Å². The maximum atomic E-state index is 3.66. The molecule has 1 unspecified atom stereocenters. The maximum absolute atomic E-state index is 3.66. The Hall–Kier alpha value is -0.820. The molecule has 0 amide bonds. The highest BCUT2D eigenvalue weighted by atomic mass is 15.0. The van der Waals surface area contributed by atoms with E-state index in [4.69, 9.17) is 0 Å². The van der Waals surface area contributed by atoms with Gasteiger partial charge in [0, 0.05) is 12.1 Å². The molecule has 0 heterocycles. The monoisotopic (exact) mass is 245 g/mol. The lowest BCUT2D eigenvalue weighted by Gasteiger charge is -2.19. The highest BCUT2D eigenvalue weighted by Crippen LogP contribution is 2.23. The van der Waals surface area contributed by atoms with E-state index >= 15 is 0 Å². The Bertz CT molecular complexity index is 368. The van der Waals surface area contributed by atoms with Crippen LogP contribution in [0.5, 0.6) is 0 Å². The van der Waals surface area contributed by atoms with E-state index in [-0.39, 0.29) is 5.41 Å².